The lowest BCUT2D eigenvalue weighted by Gasteiger charge is -2.26. The van der Waals surface area contributed by atoms with Crippen molar-refractivity contribution < 1.29 is 4.74 Å². The Morgan fingerprint density at radius 2 is 2.05 bits per heavy atom. The molecular weight excluding hydrogens is 250 g/mol. The summed E-state index contributed by atoms with van der Waals surface area (Å²) in [7, 11) is 0. The fourth-order valence-electron chi connectivity index (χ4n) is 2.69. The molecule has 106 valence electrons. The Morgan fingerprint density at radius 1 is 1.30 bits per heavy atom. The number of rotatable bonds is 3. The van der Waals surface area contributed by atoms with Gasteiger partial charge in [0.15, 0.2) is 0 Å². The van der Waals surface area contributed by atoms with Gasteiger partial charge >= 0.3 is 0 Å². The number of hydrogen-bond donors (Lipinski definition) is 1. The third kappa shape index (κ3) is 2.50. The van der Waals surface area contributed by atoms with E-state index < -0.39 is 0 Å². The number of ether oxygens (including phenoxy) is 1. The van der Waals surface area contributed by atoms with Gasteiger partial charge in [-0.15, -0.1) is 0 Å². The summed E-state index contributed by atoms with van der Waals surface area (Å²) in [6.45, 7) is 7.10. The second-order valence-corrected chi connectivity index (χ2v) is 5.58. The van der Waals surface area contributed by atoms with E-state index in [0.717, 1.165) is 30.2 Å². The molecular formula is C16H21N3O. The Balaban J connectivity index is 1.86. The smallest absolute Gasteiger partial charge is 0.125 e. The molecule has 0 saturated carbocycles. The zero-order valence-electron chi connectivity index (χ0n) is 12.3. The van der Waals surface area contributed by atoms with Crippen LogP contribution in [0.3, 0.4) is 0 Å². The number of anilines is 1. The minimum atomic E-state index is 0.208. The van der Waals surface area contributed by atoms with Crippen LogP contribution in [0.2, 0.25) is 0 Å². The quantitative estimate of drug-likeness (QED) is 0.930. The van der Waals surface area contributed by atoms with E-state index >= 15 is 0 Å². The number of aryl methyl sites for hydroxylation is 1. The molecule has 4 nitrogen and oxygen atoms in total. The van der Waals surface area contributed by atoms with Crippen molar-refractivity contribution >= 4 is 5.82 Å². The molecule has 2 aromatic rings. The van der Waals surface area contributed by atoms with E-state index in [1.54, 1.807) is 0 Å². The lowest BCUT2D eigenvalue weighted by molar-refractivity contribution is 0.242. The van der Waals surface area contributed by atoms with Crippen LogP contribution in [0.15, 0.2) is 30.3 Å². The van der Waals surface area contributed by atoms with Gasteiger partial charge in [-0.1, -0.05) is 12.1 Å². The molecule has 2 heterocycles. The lowest BCUT2D eigenvalue weighted by atomic mass is 10.0. The predicted molar refractivity (Wildman–Crippen MR) is 80.4 cm³/mol. The maximum atomic E-state index is 5.70. The zero-order chi connectivity index (χ0) is 14.1. The van der Waals surface area contributed by atoms with Gasteiger partial charge in [0.05, 0.1) is 17.8 Å². The highest BCUT2D eigenvalue weighted by atomic mass is 16.5. The molecule has 0 fully saturated rings. The third-order valence-electron chi connectivity index (χ3n) is 3.51. The molecule has 0 amide bonds. The van der Waals surface area contributed by atoms with Crippen LogP contribution in [0.5, 0.6) is 5.75 Å². The highest BCUT2D eigenvalue weighted by Gasteiger charge is 2.22. The maximum Gasteiger partial charge on any atom is 0.125 e. The van der Waals surface area contributed by atoms with Crippen molar-refractivity contribution in [3.63, 3.8) is 0 Å². The topological polar surface area (TPSA) is 39.1 Å². The Labute approximate surface area is 119 Å². The first-order valence-electron chi connectivity index (χ1n) is 7.20. The van der Waals surface area contributed by atoms with Gasteiger partial charge in [0.2, 0.25) is 0 Å². The molecule has 1 unspecified atom stereocenters. The Bertz CT molecular complexity index is 586. The summed E-state index contributed by atoms with van der Waals surface area (Å²) in [5.74, 6) is 2.04. The third-order valence-corrected chi connectivity index (χ3v) is 3.51. The van der Waals surface area contributed by atoms with E-state index in [1.807, 2.05) is 32.9 Å². The molecule has 1 atom stereocenters. The van der Waals surface area contributed by atoms with Gasteiger partial charge in [-0.25, -0.2) is 4.68 Å². The summed E-state index contributed by atoms with van der Waals surface area (Å²) in [6, 6.07) is 10.8. The first kappa shape index (κ1) is 13.0. The lowest BCUT2D eigenvalue weighted by Crippen LogP contribution is -2.24. The van der Waals surface area contributed by atoms with Crippen LogP contribution >= 0.6 is 0 Å². The summed E-state index contributed by atoms with van der Waals surface area (Å²) in [5.41, 5.74) is 2.34. The van der Waals surface area contributed by atoms with Crippen LogP contribution in [-0.4, -0.2) is 22.4 Å². The Hall–Kier alpha value is -1.97. The van der Waals surface area contributed by atoms with Gasteiger partial charge in [0.25, 0.3) is 0 Å². The molecule has 1 aliphatic heterocycles. The van der Waals surface area contributed by atoms with Crippen molar-refractivity contribution in [2.45, 2.75) is 39.3 Å². The second-order valence-electron chi connectivity index (χ2n) is 5.58. The molecule has 0 saturated heterocycles. The molecule has 1 aliphatic rings. The van der Waals surface area contributed by atoms with Gasteiger partial charge < -0.3 is 10.1 Å². The molecule has 3 rings (SSSR count). The van der Waals surface area contributed by atoms with E-state index in [9.17, 15) is 0 Å². The standard InChI is InChI=1S/C16H21N3O/c1-11(2)20-14-6-4-13(5-7-14)15-8-9-17-16-10-12(3)18-19(15)16/h4-7,10-11,15,17H,8-9H2,1-3H3. The summed E-state index contributed by atoms with van der Waals surface area (Å²) < 4.78 is 7.79. The highest BCUT2D eigenvalue weighted by molar-refractivity contribution is 5.41. The summed E-state index contributed by atoms with van der Waals surface area (Å²) in [5, 5.41) is 8.00. The SMILES string of the molecule is Cc1cc2n(n1)C(c1ccc(OC(C)C)cc1)CCN2. The number of aromatic nitrogens is 2. The molecule has 1 N–H and O–H groups in total. The van der Waals surface area contributed by atoms with Crippen LogP contribution in [0, 0.1) is 6.92 Å². The average Bonchev–Trinajstić information content (AvgIpc) is 2.79. The van der Waals surface area contributed by atoms with E-state index in [2.05, 4.69) is 33.3 Å². The number of nitrogens with zero attached hydrogens (tertiary/aromatic N) is 2. The Kier molecular flexibility index (Phi) is 3.38. The van der Waals surface area contributed by atoms with Gasteiger partial charge in [0, 0.05) is 12.6 Å². The van der Waals surface area contributed by atoms with Gasteiger partial charge in [-0.3, -0.25) is 0 Å². The summed E-state index contributed by atoms with van der Waals surface area (Å²) >= 11 is 0. The zero-order valence-corrected chi connectivity index (χ0v) is 12.3. The van der Waals surface area contributed by atoms with Crippen LogP contribution in [-0.2, 0) is 0 Å². The van der Waals surface area contributed by atoms with Crippen LogP contribution in [0.1, 0.15) is 37.6 Å². The van der Waals surface area contributed by atoms with E-state index in [0.29, 0.717) is 6.04 Å². The molecule has 4 heteroatoms. The van der Waals surface area contributed by atoms with Crippen LogP contribution in [0.4, 0.5) is 5.82 Å². The molecule has 20 heavy (non-hydrogen) atoms. The van der Waals surface area contributed by atoms with Crippen LogP contribution < -0.4 is 10.1 Å². The monoisotopic (exact) mass is 271 g/mol. The van der Waals surface area contributed by atoms with Crippen molar-refractivity contribution in [3.05, 3.63) is 41.6 Å². The predicted octanol–water partition coefficient (Wildman–Crippen LogP) is 3.38. The first-order chi connectivity index (χ1) is 9.63. The number of nitrogens with one attached hydrogen (secondary N) is 1. The van der Waals surface area contributed by atoms with E-state index in [4.69, 9.17) is 4.74 Å². The normalized spacial score (nSPS) is 17.7. The molecule has 0 radical (unpaired) electrons. The number of hydrogen-bond acceptors (Lipinski definition) is 3. The fraction of sp³-hybridized carbons (Fsp3) is 0.438. The van der Waals surface area contributed by atoms with Crippen molar-refractivity contribution in [2.24, 2.45) is 0 Å². The van der Waals surface area contributed by atoms with Crippen molar-refractivity contribution in [2.75, 3.05) is 11.9 Å². The molecule has 1 aromatic carbocycles. The minimum Gasteiger partial charge on any atom is -0.491 e. The summed E-state index contributed by atoms with van der Waals surface area (Å²) in [4.78, 5) is 0. The highest BCUT2D eigenvalue weighted by Crippen LogP contribution is 2.30. The van der Waals surface area contributed by atoms with E-state index in [1.165, 1.54) is 5.56 Å². The van der Waals surface area contributed by atoms with Crippen molar-refractivity contribution in [3.8, 4) is 5.75 Å². The average molecular weight is 271 g/mol. The van der Waals surface area contributed by atoms with E-state index in [-0.39, 0.29) is 6.10 Å². The molecule has 0 aliphatic carbocycles. The van der Waals surface area contributed by atoms with Crippen molar-refractivity contribution in [1.82, 2.24) is 9.78 Å². The van der Waals surface area contributed by atoms with Gasteiger partial charge in [0.1, 0.15) is 11.6 Å². The number of fused-ring (bicyclic) bond motifs is 1. The molecule has 0 spiro atoms. The minimum absolute atomic E-state index is 0.208. The fourth-order valence-corrected chi connectivity index (χ4v) is 2.69. The Morgan fingerprint density at radius 3 is 2.75 bits per heavy atom. The van der Waals surface area contributed by atoms with Crippen LogP contribution in [0.25, 0.3) is 0 Å². The van der Waals surface area contributed by atoms with Gasteiger partial charge in [-0.05, 0) is 44.9 Å². The van der Waals surface area contributed by atoms with Gasteiger partial charge in [-0.2, -0.15) is 5.10 Å². The van der Waals surface area contributed by atoms with Crippen molar-refractivity contribution in [1.29, 1.82) is 0 Å². The largest absolute Gasteiger partial charge is 0.491 e. The number of benzene rings is 1. The summed E-state index contributed by atoms with van der Waals surface area (Å²) in [6.07, 6.45) is 1.26. The second kappa shape index (κ2) is 5.19. The molecule has 1 aromatic heterocycles. The maximum absolute atomic E-state index is 5.70. The molecule has 0 bridgehead atoms. The first-order valence-corrected chi connectivity index (χ1v) is 7.20.